The van der Waals surface area contributed by atoms with E-state index in [1.165, 1.54) is 13.8 Å². The number of nitrogens with zero attached hydrogens (tertiary/aromatic N) is 2. The lowest BCUT2D eigenvalue weighted by Crippen LogP contribution is -2.47. The number of amides is 1. The number of carbonyl (C=O) groups is 2. The number of carboxylic acids is 1. The van der Waals surface area contributed by atoms with Crippen molar-refractivity contribution in [2.45, 2.75) is 59.3 Å². The van der Waals surface area contributed by atoms with Gasteiger partial charge in [-0.3, -0.25) is 4.98 Å². The van der Waals surface area contributed by atoms with Gasteiger partial charge >= 0.3 is 12.1 Å². The molecule has 0 aliphatic carbocycles. The molecular weight excluding hydrogens is 424 g/mol. The number of hydrogen-bond donors (Lipinski definition) is 1. The number of methoxy groups -OCH3 is 1. The lowest BCUT2D eigenvalue weighted by Gasteiger charge is -2.40. The molecule has 0 unspecified atom stereocenters. The van der Waals surface area contributed by atoms with Crippen molar-refractivity contribution in [3.8, 4) is 11.5 Å². The number of aromatic nitrogens is 1. The maximum Gasteiger partial charge on any atom is 0.411 e. The molecule has 0 fully saturated rings. The summed E-state index contributed by atoms with van der Waals surface area (Å²) in [5.74, 6) is 0.314. The smallest absolute Gasteiger partial charge is 0.411 e. The Kier molecular flexibility index (Phi) is 7.15. The number of aryl methyl sites for hydroxylation is 1. The molecule has 1 atom stereocenters. The van der Waals surface area contributed by atoms with E-state index in [9.17, 15) is 14.7 Å². The summed E-state index contributed by atoms with van der Waals surface area (Å²) in [6.07, 6.45) is -0.00521. The fourth-order valence-electron chi connectivity index (χ4n) is 4.01. The van der Waals surface area contributed by atoms with Crippen LogP contribution in [0.5, 0.6) is 11.5 Å². The lowest BCUT2D eigenvalue weighted by molar-refractivity contribution is -0.156. The average Bonchev–Trinajstić information content (AvgIpc) is 2.76. The molecule has 1 aromatic carbocycles. The minimum atomic E-state index is -1.60. The van der Waals surface area contributed by atoms with E-state index in [1.54, 1.807) is 12.0 Å². The minimum Gasteiger partial charge on any atom is -0.495 e. The van der Waals surface area contributed by atoms with E-state index in [-0.39, 0.29) is 18.6 Å². The van der Waals surface area contributed by atoms with Crippen LogP contribution in [0.1, 0.15) is 56.3 Å². The van der Waals surface area contributed by atoms with E-state index < -0.39 is 17.7 Å². The van der Waals surface area contributed by atoms with E-state index in [0.717, 1.165) is 22.5 Å². The van der Waals surface area contributed by atoms with Crippen molar-refractivity contribution in [3.05, 3.63) is 52.8 Å². The number of pyridine rings is 1. The summed E-state index contributed by atoms with van der Waals surface area (Å²) in [6.45, 7) is 9.43. The highest BCUT2D eigenvalue weighted by Crippen LogP contribution is 2.38. The lowest BCUT2D eigenvalue weighted by atomic mass is 9.86. The Morgan fingerprint density at radius 1 is 1.24 bits per heavy atom. The van der Waals surface area contributed by atoms with Crippen molar-refractivity contribution >= 4 is 12.1 Å². The number of carboxylic acid groups (broad SMARTS) is 1. The van der Waals surface area contributed by atoms with Crippen LogP contribution >= 0.6 is 0 Å². The second-order valence-electron chi connectivity index (χ2n) is 9.07. The Bertz CT molecular complexity index is 1030. The average molecular weight is 457 g/mol. The normalized spacial score (nSPS) is 15.7. The first-order valence-corrected chi connectivity index (χ1v) is 11.0. The molecule has 0 radical (unpaired) electrons. The maximum absolute atomic E-state index is 12.9. The zero-order valence-corrected chi connectivity index (χ0v) is 20.0. The minimum absolute atomic E-state index is 0.108. The first-order chi connectivity index (χ1) is 15.5. The van der Waals surface area contributed by atoms with Crippen LogP contribution < -0.4 is 9.47 Å². The van der Waals surface area contributed by atoms with Crippen LogP contribution in [0.25, 0.3) is 0 Å². The summed E-state index contributed by atoms with van der Waals surface area (Å²) >= 11 is 0. The standard InChI is InChI=1S/C25H32N2O6/c1-15(2)22-19-9-8-18(32-14-20-21(31-6)10-7-16(3)26-20)13-17(19)11-12-27(22)24(30)33-25(4,5)23(28)29/h7-10,13,15,22H,11-12,14H2,1-6H3,(H,28,29)/t22-/m0/s1. The number of aliphatic carboxylic acids is 1. The molecule has 0 spiro atoms. The number of carbonyl (C=O) groups excluding carboxylic acids is 1. The Labute approximate surface area is 194 Å². The van der Waals surface area contributed by atoms with Gasteiger partial charge in [0.1, 0.15) is 23.8 Å². The van der Waals surface area contributed by atoms with Crippen molar-refractivity contribution in [2.75, 3.05) is 13.7 Å². The van der Waals surface area contributed by atoms with Crippen LogP contribution in [0.3, 0.4) is 0 Å². The molecule has 1 aliphatic heterocycles. The van der Waals surface area contributed by atoms with Gasteiger partial charge < -0.3 is 24.2 Å². The van der Waals surface area contributed by atoms with Gasteiger partial charge in [0, 0.05) is 12.2 Å². The molecule has 3 rings (SSSR count). The summed E-state index contributed by atoms with van der Waals surface area (Å²) in [5.41, 5.74) is 2.13. The van der Waals surface area contributed by atoms with Crippen molar-refractivity contribution in [1.29, 1.82) is 0 Å². The molecule has 0 bridgehead atoms. The van der Waals surface area contributed by atoms with Gasteiger partial charge in [0.25, 0.3) is 0 Å². The van der Waals surface area contributed by atoms with Crippen LogP contribution in [-0.4, -0.2) is 46.3 Å². The monoisotopic (exact) mass is 456 g/mol. The Morgan fingerprint density at radius 2 is 1.97 bits per heavy atom. The topological polar surface area (TPSA) is 98.2 Å². The van der Waals surface area contributed by atoms with Gasteiger partial charge in [-0.1, -0.05) is 19.9 Å². The summed E-state index contributed by atoms with van der Waals surface area (Å²) < 4.78 is 16.7. The molecule has 178 valence electrons. The van der Waals surface area contributed by atoms with Crippen molar-refractivity contribution in [1.82, 2.24) is 9.88 Å². The van der Waals surface area contributed by atoms with Gasteiger partial charge in [-0.05, 0) is 68.5 Å². The quantitative estimate of drug-likeness (QED) is 0.653. The SMILES string of the molecule is COc1ccc(C)nc1COc1ccc2c(c1)CCN(C(=O)OC(C)(C)C(=O)O)[C@H]2C(C)C. The van der Waals surface area contributed by atoms with Gasteiger partial charge in [-0.2, -0.15) is 0 Å². The summed E-state index contributed by atoms with van der Waals surface area (Å²) in [4.78, 5) is 30.4. The summed E-state index contributed by atoms with van der Waals surface area (Å²) in [7, 11) is 1.61. The molecule has 8 heteroatoms. The first kappa shape index (κ1) is 24.4. The van der Waals surface area contributed by atoms with Gasteiger partial charge in [-0.15, -0.1) is 0 Å². The van der Waals surface area contributed by atoms with Crippen LogP contribution in [0.15, 0.2) is 30.3 Å². The van der Waals surface area contributed by atoms with E-state index >= 15 is 0 Å². The van der Waals surface area contributed by atoms with Gasteiger partial charge in [0.15, 0.2) is 0 Å². The van der Waals surface area contributed by atoms with Crippen molar-refractivity contribution in [2.24, 2.45) is 5.92 Å². The summed E-state index contributed by atoms with van der Waals surface area (Å²) in [6, 6.07) is 9.39. The van der Waals surface area contributed by atoms with Crippen LogP contribution in [0.4, 0.5) is 4.79 Å². The number of benzene rings is 1. The van der Waals surface area contributed by atoms with Gasteiger partial charge in [0.05, 0.1) is 13.2 Å². The van der Waals surface area contributed by atoms with Crippen LogP contribution in [0, 0.1) is 12.8 Å². The first-order valence-electron chi connectivity index (χ1n) is 11.0. The third-order valence-electron chi connectivity index (χ3n) is 5.78. The Hall–Kier alpha value is -3.29. The predicted molar refractivity (Wildman–Crippen MR) is 122 cm³/mol. The number of hydrogen-bond acceptors (Lipinski definition) is 6. The number of rotatable bonds is 7. The third kappa shape index (κ3) is 5.38. The molecule has 1 amide bonds. The van der Waals surface area contributed by atoms with Crippen molar-refractivity contribution < 1.29 is 28.9 Å². The molecule has 1 aliphatic rings. The highest BCUT2D eigenvalue weighted by atomic mass is 16.6. The molecule has 8 nitrogen and oxygen atoms in total. The molecular formula is C25H32N2O6. The number of fused-ring (bicyclic) bond motifs is 1. The van der Waals surface area contributed by atoms with Crippen LogP contribution in [0.2, 0.25) is 0 Å². The highest BCUT2D eigenvalue weighted by Gasteiger charge is 2.39. The molecule has 2 aromatic rings. The second kappa shape index (κ2) is 9.68. The van der Waals surface area contributed by atoms with E-state index in [1.807, 2.05) is 51.1 Å². The zero-order valence-electron chi connectivity index (χ0n) is 20.0. The third-order valence-corrected chi connectivity index (χ3v) is 5.78. The molecule has 1 aromatic heterocycles. The van der Waals surface area contributed by atoms with E-state index in [2.05, 4.69) is 4.98 Å². The molecule has 33 heavy (non-hydrogen) atoms. The molecule has 1 N–H and O–H groups in total. The fraction of sp³-hybridized carbons (Fsp3) is 0.480. The predicted octanol–water partition coefficient (Wildman–Crippen LogP) is 4.53. The second-order valence-corrected chi connectivity index (χ2v) is 9.07. The van der Waals surface area contributed by atoms with Crippen LogP contribution in [-0.2, 0) is 22.6 Å². The highest BCUT2D eigenvalue weighted by molar-refractivity contribution is 5.81. The fourth-order valence-corrected chi connectivity index (χ4v) is 4.01. The number of ether oxygens (including phenoxy) is 3. The van der Waals surface area contributed by atoms with E-state index in [0.29, 0.717) is 24.5 Å². The van der Waals surface area contributed by atoms with E-state index in [4.69, 9.17) is 14.2 Å². The van der Waals surface area contributed by atoms with Gasteiger partial charge in [-0.25, -0.2) is 9.59 Å². The Balaban J connectivity index is 1.79. The summed E-state index contributed by atoms with van der Waals surface area (Å²) in [5, 5.41) is 9.31. The molecule has 0 saturated carbocycles. The molecule has 0 saturated heterocycles. The van der Waals surface area contributed by atoms with Crippen molar-refractivity contribution in [3.63, 3.8) is 0 Å². The molecule has 2 heterocycles. The zero-order chi connectivity index (χ0) is 24.3. The van der Waals surface area contributed by atoms with Gasteiger partial charge in [0.2, 0.25) is 5.60 Å². The largest absolute Gasteiger partial charge is 0.495 e. The Morgan fingerprint density at radius 3 is 2.61 bits per heavy atom. The maximum atomic E-state index is 12.9.